The highest BCUT2D eigenvalue weighted by Gasteiger charge is 2.52. The number of ether oxygens (including phenoxy) is 2. The molecule has 3 aliphatic rings. The van der Waals surface area contributed by atoms with E-state index in [9.17, 15) is 31.5 Å². The van der Waals surface area contributed by atoms with Crippen molar-refractivity contribution < 1.29 is 41.0 Å². The van der Waals surface area contributed by atoms with Crippen molar-refractivity contribution in [2.75, 3.05) is 39.3 Å². The summed E-state index contributed by atoms with van der Waals surface area (Å²) >= 11 is 0. The SMILES string of the molecule is C=C(/C=C\C(C)=C(/C)CN1CC2(CC2)Oc2nc(OCCN3CCCC3)ccc2S1(=O)=O)[C@@H](c1ccn2c(C(F)(F)F)nnc2c1C)C(C)(C)C(=O)O. The molecule has 5 heterocycles. The van der Waals surface area contributed by atoms with Crippen molar-refractivity contribution in [1.29, 1.82) is 0 Å². The zero-order valence-corrected chi connectivity index (χ0v) is 31.4. The van der Waals surface area contributed by atoms with Crippen molar-refractivity contribution in [2.24, 2.45) is 5.41 Å². The van der Waals surface area contributed by atoms with Gasteiger partial charge in [0.25, 0.3) is 0 Å². The quantitative estimate of drug-likeness (QED) is 0.213. The molecular weight excluding hydrogens is 714 g/mol. The maximum atomic E-state index is 14.0. The summed E-state index contributed by atoms with van der Waals surface area (Å²) in [6, 6.07) is 4.49. The molecule has 0 radical (unpaired) electrons. The van der Waals surface area contributed by atoms with Gasteiger partial charge in [-0.1, -0.05) is 29.9 Å². The highest BCUT2D eigenvalue weighted by Crippen LogP contribution is 2.47. The molecule has 0 aromatic carbocycles. The number of allylic oxidation sites excluding steroid dienone is 4. The number of rotatable bonds is 12. The van der Waals surface area contributed by atoms with E-state index in [-0.39, 0.29) is 29.5 Å². The molecule has 1 aliphatic carbocycles. The summed E-state index contributed by atoms with van der Waals surface area (Å²) in [5.74, 6) is -2.82. The highest BCUT2D eigenvalue weighted by atomic mass is 32.2. The molecule has 286 valence electrons. The summed E-state index contributed by atoms with van der Waals surface area (Å²) < 4.78 is 83.1. The zero-order chi connectivity index (χ0) is 38.5. The Balaban J connectivity index is 1.23. The van der Waals surface area contributed by atoms with E-state index in [1.165, 1.54) is 49.3 Å². The number of halogens is 3. The van der Waals surface area contributed by atoms with Gasteiger partial charge >= 0.3 is 12.1 Å². The molecule has 3 aromatic heterocycles. The smallest absolute Gasteiger partial charge is 0.452 e. The Morgan fingerprint density at radius 1 is 1.13 bits per heavy atom. The number of aliphatic carboxylic acids is 1. The lowest BCUT2D eigenvalue weighted by Gasteiger charge is -2.32. The molecule has 53 heavy (non-hydrogen) atoms. The lowest BCUT2D eigenvalue weighted by atomic mass is 9.70. The van der Waals surface area contributed by atoms with Crippen molar-refractivity contribution in [2.45, 2.75) is 82.9 Å². The first-order chi connectivity index (χ1) is 24.8. The fourth-order valence-corrected chi connectivity index (χ4v) is 8.60. The maximum Gasteiger partial charge on any atom is 0.452 e. The van der Waals surface area contributed by atoms with Crippen LogP contribution in [0.3, 0.4) is 0 Å². The van der Waals surface area contributed by atoms with E-state index in [2.05, 4.69) is 26.7 Å². The molecule has 0 unspecified atom stereocenters. The van der Waals surface area contributed by atoms with Crippen LogP contribution in [-0.4, -0.2) is 93.2 Å². The Labute approximate surface area is 307 Å². The van der Waals surface area contributed by atoms with Crippen LogP contribution in [0.4, 0.5) is 13.2 Å². The van der Waals surface area contributed by atoms with Crippen molar-refractivity contribution >= 4 is 21.6 Å². The van der Waals surface area contributed by atoms with Gasteiger partial charge in [0.15, 0.2) is 5.65 Å². The number of likely N-dealkylation sites (tertiary alicyclic amines) is 1. The van der Waals surface area contributed by atoms with Crippen LogP contribution in [0.1, 0.15) is 76.2 Å². The van der Waals surface area contributed by atoms with Crippen LogP contribution in [-0.2, 0) is 21.0 Å². The van der Waals surface area contributed by atoms with Gasteiger partial charge in [0, 0.05) is 31.3 Å². The standard InChI is InChI=1S/C37H45F3N6O6S/c1-23(9-10-24(2)30(35(5,6)34(47)48)27-13-18-46-31(26(27)4)42-43-33(46)37(38,39)40)25(3)21-45-22-36(14-15-36)52-32-28(53(45,49)50)11-12-29(41-32)51-20-19-44-16-7-8-17-44/h9-13,18,30H,2,7-8,14-17,19-22H2,1,3-6H3,(H,47,48)/b10-9-,25-23+/t30-/m0/s1. The van der Waals surface area contributed by atoms with Crippen LogP contribution in [0.5, 0.6) is 11.8 Å². The third-order valence-electron chi connectivity index (χ3n) is 10.6. The van der Waals surface area contributed by atoms with E-state index in [0.29, 0.717) is 42.0 Å². The summed E-state index contributed by atoms with van der Waals surface area (Å²) in [5, 5.41) is 17.3. The van der Waals surface area contributed by atoms with Crippen LogP contribution in [0.25, 0.3) is 5.65 Å². The minimum absolute atomic E-state index is 0.0244. The third kappa shape index (κ3) is 7.71. The van der Waals surface area contributed by atoms with Crippen LogP contribution >= 0.6 is 0 Å². The second-order valence-electron chi connectivity index (χ2n) is 14.9. The van der Waals surface area contributed by atoms with Crippen LogP contribution in [0, 0.1) is 12.3 Å². The first kappa shape index (κ1) is 38.4. The average Bonchev–Trinajstić information content (AvgIpc) is 3.43. The van der Waals surface area contributed by atoms with Gasteiger partial charge in [0.1, 0.15) is 17.1 Å². The van der Waals surface area contributed by atoms with Crippen molar-refractivity contribution in [1.82, 2.24) is 28.8 Å². The predicted octanol–water partition coefficient (Wildman–Crippen LogP) is 6.19. The van der Waals surface area contributed by atoms with Crippen molar-refractivity contribution in [3.8, 4) is 11.8 Å². The van der Waals surface area contributed by atoms with E-state index >= 15 is 0 Å². The second kappa shape index (κ2) is 14.2. The van der Waals surface area contributed by atoms with E-state index in [0.717, 1.165) is 35.2 Å². The van der Waals surface area contributed by atoms with E-state index in [1.807, 2.05) is 13.8 Å². The molecule has 1 saturated carbocycles. The molecule has 12 nitrogen and oxygen atoms in total. The molecule has 6 rings (SSSR count). The monoisotopic (exact) mass is 758 g/mol. The van der Waals surface area contributed by atoms with Crippen molar-refractivity contribution in [3.63, 3.8) is 0 Å². The zero-order valence-electron chi connectivity index (χ0n) is 30.5. The molecule has 16 heteroatoms. The first-order valence-corrected chi connectivity index (χ1v) is 19.0. The minimum Gasteiger partial charge on any atom is -0.481 e. The highest BCUT2D eigenvalue weighted by molar-refractivity contribution is 7.89. The summed E-state index contributed by atoms with van der Waals surface area (Å²) in [7, 11) is -4.01. The number of nitrogens with zero attached hydrogens (tertiary/aromatic N) is 6. The summed E-state index contributed by atoms with van der Waals surface area (Å²) in [5.41, 5.74) is 0.477. The summed E-state index contributed by atoms with van der Waals surface area (Å²) in [6.45, 7) is 16.0. The van der Waals surface area contributed by atoms with Crippen molar-refractivity contribution in [3.05, 3.63) is 76.8 Å². The molecule has 1 spiro atoms. The second-order valence-corrected chi connectivity index (χ2v) is 16.8. The lowest BCUT2D eigenvalue weighted by Crippen LogP contribution is -2.39. The average molecular weight is 759 g/mol. The number of hydrogen-bond acceptors (Lipinski definition) is 9. The topological polar surface area (TPSA) is 139 Å². The van der Waals surface area contributed by atoms with Gasteiger partial charge in [-0.15, -0.1) is 10.2 Å². The van der Waals surface area contributed by atoms with Gasteiger partial charge in [-0.2, -0.15) is 22.5 Å². The number of alkyl halides is 3. The van der Waals surface area contributed by atoms with E-state index < -0.39 is 44.9 Å². The van der Waals surface area contributed by atoms with Crippen LogP contribution in [0.15, 0.2) is 64.7 Å². The molecule has 2 fully saturated rings. The molecule has 1 saturated heterocycles. The molecule has 1 atom stereocenters. The first-order valence-electron chi connectivity index (χ1n) is 17.6. The Kier molecular flexibility index (Phi) is 10.3. The molecular formula is C37H45F3N6O6S. The molecule has 2 aliphatic heterocycles. The Morgan fingerprint density at radius 2 is 1.83 bits per heavy atom. The van der Waals surface area contributed by atoms with Gasteiger partial charge in [0.05, 0.1) is 12.0 Å². The van der Waals surface area contributed by atoms with Gasteiger partial charge in [-0.3, -0.25) is 14.1 Å². The number of sulfonamides is 1. The fourth-order valence-electron chi connectivity index (χ4n) is 7.01. The number of fused-ring (bicyclic) bond motifs is 2. The van der Waals surface area contributed by atoms with Gasteiger partial charge < -0.3 is 14.6 Å². The third-order valence-corrected chi connectivity index (χ3v) is 12.4. The number of carboxylic acids is 1. The molecule has 0 bridgehead atoms. The van der Waals surface area contributed by atoms with E-state index in [4.69, 9.17) is 9.47 Å². The molecule has 3 aromatic rings. The predicted molar refractivity (Wildman–Crippen MR) is 190 cm³/mol. The fraction of sp³-hybridized carbons (Fsp3) is 0.514. The molecule has 1 N–H and O–H groups in total. The summed E-state index contributed by atoms with van der Waals surface area (Å²) in [6.07, 6.45) is 3.57. The molecule has 0 amide bonds. The maximum absolute atomic E-state index is 14.0. The van der Waals surface area contributed by atoms with Gasteiger partial charge in [0.2, 0.25) is 27.6 Å². The number of carboxylic acid groups (broad SMARTS) is 1. The summed E-state index contributed by atoms with van der Waals surface area (Å²) in [4.78, 5) is 19.3. The Morgan fingerprint density at radius 3 is 2.47 bits per heavy atom. The number of aryl methyl sites for hydroxylation is 1. The van der Waals surface area contributed by atoms with E-state index in [1.54, 1.807) is 25.1 Å². The van der Waals surface area contributed by atoms with Crippen LogP contribution in [0.2, 0.25) is 0 Å². The van der Waals surface area contributed by atoms with Gasteiger partial charge in [-0.25, -0.2) is 8.42 Å². The normalized spacial score (nSPS) is 19.8. The van der Waals surface area contributed by atoms with Gasteiger partial charge in [-0.05, 0) is 102 Å². The minimum atomic E-state index is -4.73. The Hall–Kier alpha value is -4.28. The number of pyridine rings is 2. The number of hydrogen-bond donors (Lipinski definition) is 1. The van der Waals surface area contributed by atoms with Crippen LogP contribution < -0.4 is 9.47 Å². The lowest BCUT2D eigenvalue weighted by molar-refractivity contribution is -0.147. The number of carbonyl (C=O) groups is 1. The number of aromatic nitrogens is 4. The Bertz CT molecular complexity index is 2100. The largest absolute Gasteiger partial charge is 0.481 e.